The maximum Gasteiger partial charge on any atom is 0.161 e. The third-order valence-corrected chi connectivity index (χ3v) is 3.67. The lowest BCUT2D eigenvalue weighted by molar-refractivity contribution is 0.171. The molecule has 0 radical (unpaired) electrons. The van der Waals surface area contributed by atoms with Gasteiger partial charge in [0.05, 0.1) is 5.69 Å². The maximum atomic E-state index is 5.63. The minimum absolute atomic E-state index is 0.268. The minimum atomic E-state index is 0.268. The number of ether oxygens (including phenoxy) is 2. The molecule has 1 aliphatic rings. The molecule has 0 amide bonds. The smallest absolute Gasteiger partial charge is 0.161 e. The fourth-order valence-corrected chi connectivity index (χ4v) is 2.46. The molecule has 1 aromatic heterocycles. The average molecular weight is 287 g/mol. The Kier molecular flexibility index (Phi) is 4.10. The van der Waals surface area contributed by atoms with E-state index in [4.69, 9.17) is 9.47 Å². The molecule has 0 spiro atoms. The maximum absolute atomic E-state index is 5.63. The highest BCUT2D eigenvalue weighted by Crippen LogP contribution is 2.32. The van der Waals surface area contributed by atoms with E-state index in [9.17, 15) is 0 Å². The van der Waals surface area contributed by atoms with Crippen LogP contribution in [0.4, 0.5) is 0 Å². The minimum Gasteiger partial charge on any atom is -0.486 e. The van der Waals surface area contributed by atoms with Gasteiger partial charge in [-0.1, -0.05) is 6.07 Å². The number of aryl methyl sites for hydroxylation is 1. The molecule has 2 aromatic rings. The molecule has 1 aromatic carbocycles. The van der Waals surface area contributed by atoms with Gasteiger partial charge in [-0.15, -0.1) is 0 Å². The summed E-state index contributed by atoms with van der Waals surface area (Å²) in [6.07, 6.45) is 2.90. The monoisotopic (exact) mass is 287 g/mol. The molecule has 0 aliphatic carbocycles. The van der Waals surface area contributed by atoms with Crippen LogP contribution in [0.5, 0.6) is 11.5 Å². The largest absolute Gasteiger partial charge is 0.486 e. The topological polar surface area (TPSA) is 48.3 Å². The Balaban J connectivity index is 1.56. The van der Waals surface area contributed by atoms with E-state index >= 15 is 0 Å². The van der Waals surface area contributed by atoms with Crippen LogP contribution in [0.1, 0.15) is 24.2 Å². The van der Waals surface area contributed by atoms with Crippen molar-refractivity contribution in [1.29, 1.82) is 0 Å². The molecular formula is C16H21N3O2. The highest BCUT2D eigenvalue weighted by molar-refractivity contribution is 5.44. The molecule has 5 nitrogen and oxygen atoms in total. The first-order chi connectivity index (χ1) is 10.2. The molecular weight excluding hydrogens is 266 g/mol. The van der Waals surface area contributed by atoms with Crippen LogP contribution in [-0.4, -0.2) is 29.5 Å². The summed E-state index contributed by atoms with van der Waals surface area (Å²) in [6.45, 7) is 4.30. The normalized spacial score (nSPS) is 15.0. The van der Waals surface area contributed by atoms with Gasteiger partial charge in [0.25, 0.3) is 0 Å². The fourth-order valence-electron chi connectivity index (χ4n) is 2.46. The molecule has 1 atom stereocenters. The van der Waals surface area contributed by atoms with Crippen molar-refractivity contribution < 1.29 is 9.47 Å². The summed E-state index contributed by atoms with van der Waals surface area (Å²) in [5.41, 5.74) is 2.32. The predicted molar refractivity (Wildman–Crippen MR) is 80.8 cm³/mol. The van der Waals surface area contributed by atoms with E-state index in [2.05, 4.69) is 35.5 Å². The SMILES string of the molecule is CC(NCCc1ccn(C)n1)c1ccc2c(c1)OCCO2. The zero-order valence-corrected chi connectivity index (χ0v) is 12.5. The molecule has 2 heterocycles. The standard InChI is InChI=1S/C16H21N3O2/c1-12(17-7-5-14-6-8-19(2)18-14)13-3-4-15-16(11-13)21-10-9-20-15/h3-4,6,8,11-12,17H,5,7,9-10H2,1-2H3. The van der Waals surface area contributed by atoms with Crippen molar-refractivity contribution in [3.8, 4) is 11.5 Å². The van der Waals surface area contributed by atoms with E-state index < -0.39 is 0 Å². The van der Waals surface area contributed by atoms with E-state index in [1.165, 1.54) is 5.56 Å². The van der Waals surface area contributed by atoms with Crippen LogP contribution < -0.4 is 14.8 Å². The van der Waals surface area contributed by atoms with Crippen molar-refractivity contribution in [1.82, 2.24) is 15.1 Å². The average Bonchev–Trinajstić information content (AvgIpc) is 2.92. The van der Waals surface area contributed by atoms with Gasteiger partial charge in [0.2, 0.25) is 0 Å². The van der Waals surface area contributed by atoms with Gasteiger partial charge in [0.15, 0.2) is 11.5 Å². The molecule has 1 N–H and O–H groups in total. The van der Waals surface area contributed by atoms with E-state index in [1.54, 1.807) is 0 Å². The lowest BCUT2D eigenvalue weighted by atomic mass is 10.1. The van der Waals surface area contributed by atoms with Gasteiger partial charge in [-0.25, -0.2) is 0 Å². The Bertz CT molecular complexity index is 609. The van der Waals surface area contributed by atoms with Crippen molar-refractivity contribution in [2.75, 3.05) is 19.8 Å². The Morgan fingerprint density at radius 1 is 1.24 bits per heavy atom. The quantitative estimate of drug-likeness (QED) is 0.915. The molecule has 5 heteroatoms. The summed E-state index contributed by atoms with van der Waals surface area (Å²) < 4.78 is 13.0. The van der Waals surface area contributed by atoms with Crippen LogP contribution in [0.15, 0.2) is 30.5 Å². The van der Waals surface area contributed by atoms with Crippen LogP contribution in [-0.2, 0) is 13.5 Å². The van der Waals surface area contributed by atoms with Crippen molar-refractivity contribution in [2.24, 2.45) is 7.05 Å². The van der Waals surface area contributed by atoms with Gasteiger partial charge >= 0.3 is 0 Å². The molecule has 1 unspecified atom stereocenters. The van der Waals surface area contributed by atoms with E-state index in [-0.39, 0.29) is 6.04 Å². The number of fused-ring (bicyclic) bond motifs is 1. The van der Waals surface area contributed by atoms with E-state index in [0.717, 1.165) is 30.2 Å². The number of hydrogen-bond acceptors (Lipinski definition) is 4. The zero-order chi connectivity index (χ0) is 14.7. The van der Waals surface area contributed by atoms with E-state index in [0.29, 0.717) is 13.2 Å². The first kappa shape index (κ1) is 13.9. The number of rotatable bonds is 5. The molecule has 112 valence electrons. The number of aromatic nitrogens is 2. The van der Waals surface area contributed by atoms with Crippen LogP contribution in [0.3, 0.4) is 0 Å². The second-order valence-corrected chi connectivity index (χ2v) is 5.31. The highest BCUT2D eigenvalue weighted by Gasteiger charge is 2.14. The molecule has 0 fully saturated rings. The van der Waals surface area contributed by atoms with Crippen LogP contribution >= 0.6 is 0 Å². The highest BCUT2D eigenvalue weighted by atomic mass is 16.6. The van der Waals surface area contributed by atoms with Crippen molar-refractivity contribution >= 4 is 0 Å². The Morgan fingerprint density at radius 3 is 2.81 bits per heavy atom. The summed E-state index contributed by atoms with van der Waals surface area (Å²) in [5, 5.41) is 7.90. The Hall–Kier alpha value is -2.01. The first-order valence-electron chi connectivity index (χ1n) is 7.34. The number of benzene rings is 1. The number of nitrogens with zero attached hydrogens (tertiary/aromatic N) is 2. The van der Waals surface area contributed by atoms with Gasteiger partial charge in [0, 0.05) is 32.3 Å². The van der Waals surface area contributed by atoms with E-state index in [1.807, 2.05) is 24.0 Å². The Labute approximate surface area is 124 Å². The molecule has 1 aliphatic heterocycles. The Morgan fingerprint density at radius 2 is 2.05 bits per heavy atom. The lowest BCUT2D eigenvalue weighted by Crippen LogP contribution is -2.22. The third-order valence-electron chi connectivity index (χ3n) is 3.67. The molecule has 0 saturated heterocycles. The summed E-state index contributed by atoms with van der Waals surface area (Å²) in [7, 11) is 1.94. The predicted octanol–water partition coefficient (Wildman–Crippen LogP) is 2.08. The number of hydrogen-bond donors (Lipinski definition) is 1. The van der Waals surface area contributed by atoms with Gasteiger partial charge in [-0.2, -0.15) is 5.10 Å². The van der Waals surface area contributed by atoms with Crippen LogP contribution in [0.25, 0.3) is 0 Å². The fraction of sp³-hybridized carbons (Fsp3) is 0.438. The van der Waals surface area contributed by atoms with Crippen LogP contribution in [0.2, 0.25) is 0 Å². The van der Waals surface area contributed by atoms with Gasteiger partial charge < -0.3 is 14.8 Å². The van der Waals surface area contributed by atoms with Gasteiger partial charge in [-0.05, 0) is 30.7 Å². The second-order valence-electron chi connectivity index (χ2n) is 5.31. The summed E-state index contributed by atoms with van der Waals surface area (Å²) in [6, 6.07) is 8.46. The third kappa shape index (κ3) is 3.36. The molecule has 3 rings (SSSR count). The molecule has 21 heavy (non-hydrogen) atoms. The summed E-state index contributed by atoms with van der Waals surface area (Å²) >= 11 is 0. The van der Waals surface area contributed by atoms with Crippen LogP contribution in [0, 0.1) is 0 Å². The van der Waals surface area contributed by atoms with Gasteiger partial charge in [0.1, 0.15) is 13.2 Å². The molecule has 0 saturated carbocycles. The van der Waals surface area contributed by atoms with Crippen molar-refractivity contribution in [3.05, 3.63) is 41.7 Å². The van der Waals surface area contributed by atoms with Crippen molar-refractivity contribution in [3.63, 3.8) is 0 Å². The molecule has 0 bridgehead atoms. The number of nitrogens with one attached hydrogen (secondary N) is 1. The second kappa shape index (κ2) is 6.18. The zero-order valence-electron chi connectivity index (χ0n) is 12.5. The summed E-state index contributed by atoms with van der Waals surface area (Å²) in [5.74, 6) is 1.68. The first-order valence-corrected chi connectivity index (χ1v) is 7.34. The lowest BCUT2D eigenvalue weighted by Gasteiger charge is -2.21. The van der Waals surface area contributed by atoms with Crippen molar-refractivity contribution in [2.45, 2.75) is 19.4 Å². The summed E-state index contributed by atoms with van der Waals surface area (Å²) in [4.78, 5) is 0. The van der Waals surface area contributed by atoms with Gasteiger partial charge in [-0.3, -0.25) is 4.68 Å².